The van der Waals surface area contributed by atoms with Gasteiger partial charge in [0.1, 0.15) is 0 Å². The van der Waals surface area contributed by atoms with Gasteiger partial charge in [-0.05, 0) is 122 Å². The predicted octanol–water partition coefficient (Wildman–Crippen LogP) is 13.4. The van der Waals surface area contributed by atoms with Crippen molar-refractivity contribution in [3.63, 3.8) is 0 Å². The highest BCUT2D eigenvalue weighted by molar-refractivity contribution is 6.32. The molecule has 0 fully saturated rings. The van der Waals surface area contributed by atoms with Crippen molar-refractivity contribution in [1.82, 2.24) is 9.97 Å². The molecule has 0 saturated heterocycles. The molecule has 0 atom stereocenters. The van der Waals surface area contributed by atoms with Gasteiger partial charge in [0.2, 0.25) is 0 Å². The highest BCUT2D eigenvalue weighted by Crippen LogP contribution is 2.38. The number of carbonyl (C=O) groups is 1. The van der Waals surface area contributed by atoms with E-state index in [1.54, 1.807) is 11.1 Å². The van der Waals surface area contributed by atoms with Crippen molar-refractivity contribution < 1.29 is 14.6 Å². The number of amides is 2. The number of hydrogen-bond acceptors (Lipinski definition) is 9. The SMILES string of the molecule is CCc1c(Cl)cc([N+](=O)[O-])c(CC)c1N.CCc1ccc(N(Cc2ccc(C)nc2)C(=O)Nc2c(CC)c(Cl)cc([N+](=O)[O-])c2CC)cc1.CCc1ccc(NCc2ccc(C)nc2)cc1. The Morgan fingerprint density at radius 2 is 1.08 bits per heavy atom. The summed E-state index contributed by atoms with van der Waals surface area (Å²) in [4.78, 5) is 45.4. The molecule has 4 aromatic carbocycles. The van der Waals surface area contributed by atoms with Crippen LogP contribution in [0.1, 0.15) is 97.4 Å². The number of nitro benzene ring substituents is 2. The largest absolute Gasteiger partial charge is 0.398 e. The lowest BCUT2D eigenvalue weighted by Gasteiger charge is -2.25. The fourth-order valence-corrected chi connectivity index (χ4v) is 7.85. The Bertz CT molecular complexity index is 2570. The van der Waals surface area contributed by atoms with E-state index in [-0.39, 0.29) is 22.9 Å². The van der Waals surface area contributed by atoms with Gasteiger partial charge in [-0.1, -0.05) is 101 Å². The molecule has 0 radical (unpaired) electrons. The molecule has 6 aromatic rings. The van der Waals surface area contributed by atoms with E-state index < -0.39 is 15.9 Å². The minimum atomic E-state index is -0.459. The summed E-state index contributed by atoms with van der Waals surface area (Å²) >= 11 is 12.3. The zero-order chi connectivity index (χ0) is 48.5. The number of benzene rings is 4. The summed E-state index contributed by atoms with van der Waals surface area (Å²) in [6, 6.07) is 26.7. The maximum atomic E-state index is 13.6. The molecule has 2 amide bonds. The van der Waals surface area contributed by atoms with Crippen LogP contribution < -0.4 is 21.3 Å². The van der Waals surface area contributed by atoms with Gasteiger partial charge < -0.3 is 16.4 Å². The molecule has 13 nitrogen and oxygen atoms in total. The number of anilines is 4. The average molecular weight is 936 g/mol. The third-order valence-corrected chi connectivity index (χ3v) is 11.7. The lowest BCUT2D eigenvalue weighted by atomic mass is 10.0. The van der Waals surface area contributed by atoms with Crippen LogP contribution in [-0.4, -0.2) is 25.8 Å². The summed E-state index contributed by atoms with van der Waals surface area (Å²) in [6.07, 6.45) is 7.75. The molecule has 0 unspecified atom stereocenters. The number of pyridine rings is 2. The van der Waals surface area contributed by atoms with Crippen LogP contribution in [-0.2, 0) is 51.6 Å². The molecular formula is C51H60Cl2N8O5. The van der Waals surface area contributed by atoms with E-state index in [2.05, 4.69) is 64.8 Å². The molecule has 2 heterocycles. The maximum Gasteiger partial charge on any atom is 0.326 e. The fraction of sp³-hybridized carbons (Fsp3) is 0.314. The van der Waals surface area contributed by atoms with Crippen molar-refractivity contribution >= 4 is 63.4 Å². The molecule has 0 aliphatic rings. The van der Waals surface area contributed by atoms with Crippen molar-refractivity contribution in [2.45, 2.75) is 107 Å². The number of nitrogens with two attached hydrogens (primary N) is 1. The van der Waals surface area contributed by atoms with E-state index in [4.69, 9.17) is 28.9 Å². The average Bonchev–Trinajstić information content (AvgIpc) is 3.31. The molecule has 6 rings (SSSR count). The Kier molecular flexibility index (Phi) is 19.9. The number of hydrogen-bond donors (Lipinski definition) is 3. The van der Waals surface area contributed by atoms with E-state index in [0.29, 0.717) is 64.5 Å². The fourth-order valence-electron chi connectivity index (χ4n) is 7.18. The molecule has 0 aliphatic heterocycles. The first-order valence-electron chi connectivity index (χ1n) is 22.1. The Morgan fingerprint density at radius 1 is 0.621 bits per heavy atom. The molecule has 348 valence electrons. The number of halogens is 2. The van der Waals surface area contributed by atoms with Crippen LogP contribution in [0.25, 0.3) is 0 Å². The van der Waals surface area contributed by atoms with Crippen LogP contribution >= 0.6 is 23.2 Å². The standard InChI is InChI=1S/C26H29ClN4O3.C15H18N2.C10H13ClN2O2/c1-5-18-10-12-20(13-11-18)30(16-19-9-8-17(4)28-15-19)26(32)29-25-21(6-2)23(27)14-24(31(33)34)22(25)7-3;1-3-13-6-8-15(9-7-13)17-11-14-5-4-12(2)16-10-14;1-3-6-8(11)5-9(13(14)15)7(4-2)10(6)12/h8-15H,5-7,16H2,1-4H3,(H,29,32);4-10,17H,3,11H2,1-2H3;5H,3-4,12H2,1-2H3. The molecule has 0 saturated carbocycles. The number of rotatable bonds is 15. The number of nitrogens with zero attached hydrogens (tertiary/aromatic N) is 5. The summed E-state index contributed by atoms with van der Waals surface area (Å²) in [7, 11) is 0. The van der Waals surface area contributed by atoms with Gasteiger partial charge in [0.05, 0.1) is 43.3 Å². The number of nitrogens with one attached hydrogen (secondary N) is 2. The van der Waals surface area contributed by atoms with Gasteiger partial charge in [0, 0.05) is 59.5 Å². The summed E-state index contributed by atoms with van der Waals surface area (Å²) in [5.41, 5.74) is 17.5. The lowest BCUT2D eigenvalue weighted by Crippen LogP contribution is -2.35. The molecule has 66 heavy (non-hydrogen) atoms. The number of nitrogen functional groups attached to an aromatic ring is 1. The highest BCUT2D eigenvalue weighted by atomic mass is 35.5. The Hall–Kier alpha value is -6.57. The second kappa shape index (κ2) is 25.2. The Labute approximate surface area is 398 Å². The third kappa shape index (κ3) is 14.0. The van der Waals surface area contributed by atoms with Gasteiger partial charge >= 0.3 is 6.03 Å². The quantitative estimate of drug-likeness (QED) is 0.0512. The van der Waals surface area contributed by atoms with E-state index in [9.17, 15) is 25.0 Å². The molecule has 15 heteroatoms. The van der Waals surface area contributed by atoms with Gasteiger partial charge in [0.25, 0.3) is 11.4 Å². The molecule has 2 aromatic heterocycles. The zero-order valence-electron chi connectivity index (χ0n) is 39.0. The molecule has 0 bridgehead atoms. The van der Waals surface area contributed by atoms with Crippen molar-refractivity contribution in [2.75, 3.05) is 21.3 Å². The topological polar surface area (TPSA) is 182 Å². The number of nitro groups is 2. The second-order valence-corrected chi connectivity index (χ2v) is 16.3. The highest BCUT2D eigenvalue weighted by Gasteiger charge is 2.26. The van der Waals surface area contributed by atoms with Crippen LogP contribution in [0.15, 0.2) is 97.3 Å². The molecule has 4 N–H and O–H groups in total. The summed E-state index contributed by atoms with van der Waals surface area (Å²) < 4.78 is 0. The number of carbonyl (C=O) groups excluding carboxylic acids is 1. The van der Waals surface area contributed by atoms with E-state index in [1.165, 1.54) is 23.3 Å². The molecule has 0 aliphatic carbocycles. The van der Waals surface area contributed by atoms with E-state index in [0.717, 1.165) is 53.2 Å². The first-order valence-corrected chi connectivity index (χ1v) is 22.9. The summed E-state index contributed by atoms with van der Waals surface area (Å²) in [6.45, 7) is 16.7. The lowest BCUT2D eigenvalue weighted by molar-refractivity contribution is -0.385. The van der Waals surface area contributed by atoms with Crippen LogP contribution in [0, 0.1) is 34.1 Å². The minimum Gasteiger partial charge on any atom is -0.398 e. The number of aryl methyl sites for hydroxylation is 4. The molecule has 0 spiro atoms. The van der Waals surface area contributed by atoms with Crippen molar-refractivity contribution in [2.24, 2.45) is 0 Å². The van der Waals surface area contributed by atoms with Gasteiger partial charge in [-0.3, -0.25) is 35.1 Å². The smallest absolute Gasteiger partial charge is 0.326 e. The van der Waals surface area contributed by atoms with Gasteiger partial charge in [-0.15, -0.1) is 0 Å². The normalized spacial score (nSPS) is 10.5. The number of aromatic nitrogens is 2. The van der Waals surface area contributed by atoms with Crippen LogP contribution in [0.2, 0.25) is 10.0 Å². The summed E-state index contributed by atoms with van der Waals surface area (Å²) in [5.74, 6) is 0. The third-order valence-electron chi connectivity index (χ3n) is 11.1. The van der Waals surface area contributed by atoms with Gasteiger partial charge in [-0.25, -0.2) is 4.79 Å². The monoisotopic (exact) mass is 934 g/mol. The molecular weight excluding hydrogens is 876 g/mol. The first kappa shape index (κ1) is 52.1. The maximum absolute atomic E-state index is 13.6. The minimum absolute atomic E-state index is 0.0113. The zero-order valence-corrected chi connectivity index (χ0v) is 40.5. The van der Waals surface area contributed by atoms with Crippen molar-refractivity contribution in [3.8, 4) is 0 Å². The first-order chi connectivity index (χ1) is 31.6. The van der Waals surface area contributed by atoms with Crippen LogP contribution in [0.5, 0.6) is 0 Å². The number of urea groups is 1. The van der Waals surface area contributed by atoms with Crippen LogP contribution in [0.4, 0.5) is 38.9 Å². The van der Waals surface area contributed by atoms with E-state index in [1.807, 2.05) is 90.2 Å². The van der Waals surface area contributed by atoms with Gasteiger partial charge in [-0.2, -0.15) is 0 Å². The van der Waals surface area contributed by atoms with Crippen molar-refractivity contribution in [3.05, 3.63) is 183 Å². The Balaban J connectivity index is 0.000000247. The Morgan fingerprint density at radius 3 is 1.53 bits per heavy atom. The van der Waals surface area contributed by atoms with Gasteiger partial charge in [0.15, 0.2) is 0 Å². The summed E-state index contributed by atoms with van der Waals surface area (Å²) in [5, 5.41) is 29.4. The van der Waals surface area contributed by atoms with Crippen LogP contribution in [0.3, 0.4) is 0 Å². The van der Waals surface area contributed by atoms with Crippen molar-refractivity contribution in [1.29, 1.82) is 0 Å². The second-order valence-electron chi connectivity index (χ2n) is 15.4. The predicted molar refractivity (Wildman–Crippen MR) is 270 cm³/mol. The van der Waals surface area contributed by atoms with E-state index >= 15 is 0 Å².